The molecule has 0 bridgehead atoms. The quantitative estimate of drug-likeness (QED) is 0.896. The third-order valence-corrected chi connectivity index (χ3v) is 6.00. The van der Waals surface area contributed by atoms with Crippen LogP contribution in [0.4, 0.5) is 0 Å². The van der Waals surface area contributed by atoms with Gasteiger partial charge in [-0.05, 0) is 44.0 Å². The van der Waals surface area contributed by atoms with Crippen LogP contribution in [0.3, 0.4) is 0 Å². The van der Waals surface area contributed by atoms with Gasteiger partial charge in [0.2, 0.25) is 5.91 Å². The maximum atomic E-state index is 12.8. The molecule has 1 atom stereocenters. The smallest absolute Gasteiger partial charge is 0.230 e. The van der Waals surface area contributed by atoms with Crippen LogP contribution in [0.5, 0.6) is 0 Å². The van der Waals surface area contributed by atoms with Gasteiger partial charge >= 0.3 is 0 Å². The number of nitrogens with zero attached hydrogens (tertiary/aromatic N) is 2. The van der Waals surface area contributed by atoms with E-state index in [-0.39, 0.29) is 10.8 Å². The highest BCUT2D eigenvalue weighted by Crippen LogP contribution is 2.41. The van der Waals surface area contributed by atoms with Gasteiger partial charge in [-0.3, -0.25) is 14.5 Å². The molecule has 2 aromatic rings. The zero-order chi connectivity index (χ0) is 18.3. The van der Waals surface area contributed by atoms with Crippen LogP contribution in [-0.2, 0) is 11.3 Å². The van der Waals surface area contributed by atoms with Crippen molar-refractivity contribution < 1.29 is 4.79 Å². The van der Waals surface area contributed by atoms with Gasteiger partial charge in [0, 0.05) is 53.9 Å². The van der Waals surface area contributed by atoms with Crippen LogP contribution in [0.1, 0.15) is 31.9 Å². The highest BCUT2D eigenvalue weighted by atomic mass is 35.5. The topological polar surface area (TPSA) is 56.4 Å². The molecule has 1 spiro atoms. The van der Waals surface area contributed by atoms with Crippen LogP contribution >= 0.6 is 11.6 Å². The van der Waals surface area contributed by atoms with Crippen molar-refractivity contribution in [1.29, 1.82) is 0 Å². The minimum absolute atomic E-state index is 0.0174. The van der Waals surface area contributed by atoms with E-state index in [0.29, 0.717) is 22.9 Å². The van der Waals surface area contributed by atoms with Gasteiger partial charge in [-0.1, -0.05) is 18.5 Å². The fourth-order valence-electron chi connectivity index (χ4n) is 4.45. The van der Waals surface area contributed by atoms with E-state index in [9.17, 15) is 9.59 Å². The molecule has 4 rings (SSSR count). The van der Waals surface area contributed by atoms with Crippen LogP contribution in [0.15, 0.2) is 29.1 Å². The van der Waals surface area contributed by atoms with Crippen LogP contribution < -0.4 is 5.43 Å². The van der Waals surface area contributed by atoms with Crippen LogP contribution in [0.25, 0.3) is 10.9 Å². The first-order valence-corrected chi connectivity index (χ1v) is 9.72. The molecule has 2 fully saturated rings. The Balaban J connectivity index is 1.51. The summed E-state index contributed by atoms with van der Waals surface area (Å²) in [4.78, 5) is 32.8. The van der Waals surface area contributed by atoms with E-state index in [0.717, 1.165) is 56.7 Å². The number of hydrogen-bond donors (Lipinski definition) is 1. The van der Waals surface area contributed by atoms with Crippen molar-refractivity contribution >= 4 is 28.4 Å². The Hall–Kier alpha value is -1.85. The van der Waals surface area contributed by atoms with Gasteiger partial charge in [-0.25, -0.2) is 0 Å². The van der Waals surface area contributed by atoms with Gasteiger partial charge in [0.15, 0.2) is 5.43 Å². The number of carbonyl (C=O) groups excluding carboxylic acids is 1. The van der Waals surface area contributed by atoms with E-state index in [4.69, 9.17) is 11.6 Å². The average Bonchev–Trinajstić information content (AvgIpc) is 3.15. The van der Waals surface area contributed by atoms with Gasteiger partial charge in [-0.2, -0.15) is 0 Å². The minimum Gasteiger partial charge on any atom is -0.357 e. The Morgan fingerprint density at radius 2 is 2.00 bits per heavy atom. The first kappa shape index (κ1) is 17.6. The van der Waals surface area contributed by atoms with Crippen molar-refractivity contribution in [2.75, 3.05) is 26.2 Å². The lowest BCUT2D eigenvalue weighted by Gasteiger charge is -2.23. The van der Waals surface area contributed by atoms with Crippen LogP contribution in [0, 0.1) is 5.41 Å². The minimum atomic E-state index is -0.208. The van der Waals surface area contributed by atoms with E-state index in [1.807, 2.05) is 11.0 Å². The lowest BCUT2D eigenvalue weighted by Crippen LogP contribution is -2.37. The van der Waals surface area contributed by atoms with Crippen molar-refractivity contribution in [2.45, 2.75) is 32.7 Å². The maximum absolute atomic E-state index is 12.8. The molecule has 2 aliphatic heterocycles. The second kappa shape index (κ2) is 6.71. The molecule has 1 amide bonds. The monoisotopic (exact) mass is 373 g/mol. The normalized spacial score (nSPS) is 23.6. The SMILES string of the molecule is CCCN1CCC2(CCN(Cc3cc(=O)c4cc(Cl)ccc4[nH]3)C2)C1=O. The van der Waals surface area contributed by atoms with Crippen molar-refractivity contribution in [3.05, 3.63) is 45.2 Å². The van der Waals surface area contributed by atoms with Crippen molar-refractivity contribution in [3.8, 4) is 0 Å². The highest BCUT2D eigenvalue weighted by Gasteiger charge is 2.50. The largest absolute Gasteiger partial charge is 0.357 e. The van der Waals surface area contributed by atoms with Gasteiger partial charge in [-0.15, -0.1) is 0 Å². The number of aromatic amines is 1. The van der Waals surface area contributed by atoms with Gasteiger partial charge in [0.25, 0.3) is 0 Å². The molecule has 0 saturated carbocycles. The summed E-state index contributed by atoms with van der Waals surface area (Å²) in [5.41, 5.74) is 1.46. The summed E-state index contributed by atoms with van der Waals surface area (Å²) in [5.74, 6) is 0.323. The predicted octanol–water partition coefficient (Wildman–Crippen LogP) is 3.02. The summed E-state index contributed by atoms with van der Waals surface area (Å²) in [6, 6.07) is 6.98. The average molecular weight is 374 g/mol. The molecule has 1 aromatic carbocycles. The lowest BCUT2D eigenvalue weighted by atomic mass is 9.85. The van der Waals surface area contributed by atoms with Crippen molar-refractivity contribution in [1.82, 2.24) is 14.8 Å². The Labute approximate surface area is 157 Å². The predicted molar refractivity (Wildman–Crippen MR) is 103 cm³/mol. The van der Waals surface area contributed by atoms with Crippen molar-refractivity contribution in [2.24, 2.45) is 5.41 Å². The summed E-state index contributed by atoms with van der Waals surface area (Å²) >= 11 is 5.99. The molecule has 5 nitrogen and oxygen atoms in total. The fraction of sp³-hybridized carbons (Fsp3) is 0.500. The molecule has 0 aliphatic carbocycles. The third kappa shape index (κ3) is 3.03. The fourth-order valence-corrected chi connectivity index (χ4v) is 4.62. The number of hydrogen-bond acceptors (Lipinski definition) is 3. The van der Waals surface area contributed by atoms with Gasteiger partial charge in [0.05, 0.1) is 5.41 Å². The Bertz CT molecular complexity index is 910. The number of nitrogens with one attached hydrogen (secondary N) is 1. The van der Waals surface area contributed by atoms with E-state index >= 15 is 0 Å². The number of amides is 1. The molecule has 3 heterocycles. The van der Waals surface area contributed by atoms with E-state index < -0.39 is 0 Å². The van der Waals surface area contributed by atoms with Crippen molar-refractivity contribution in [3.63, 3.8) is 0 Å². The molecule has 1 unspecified atom stereocenters. The van der Waals surface area contributed by atoms with Crippen LogP contribution in [-0.4, -0.2) is 46.9 Å². The van der Waals surface area contributed by atoms with E-state index in [2.05, 4.69) is 16.8 Å². The standard InChI is InChI=1S/C20H24ClN3O2/c1-2-7-24-9-6-20(19(24)26)5-8-23(13-20)12-15-11-18(25)16-10-14(21)3-4-17(16)22-15/h3-4,10-11H,2,5-9,12-13H2,1H3,(H,22,25). The van der Waals surface area contributed by atoms with E-state index in [1.165, 1.54) is 0 Å². The lowest BCUT2D eigenvalue weighted by molar-refractivity contribution is -0.135. The summed E-state index contributed by atoms with van der Waals surface area (Å²) in [7, 11) is 0. The molecular formula is C20H24ClN3O2. The molecule has 1 aromatic heterocycles. The molecule has 2 saturated heterocycles. The molecule has 2 aliphatic rings. The number of rotatable bonds is 4. The number of aromatic nitrogens is 1. The Morgan fingerprint density at radius 1 is 1.19 bits per heavy atom. The zero-order valence-corrected chi connectivity index (χ0v) is 15.8. The number of pyridine rings is 1. The summed E-state index contributed by atoms with van der Waals surface area (Å²) in [5, 5.41) is 1.17. The molecule has 0 radical (unpaired) electrons. The summed E-state index contributed by atoms with van der Waals surface area (Å²) in [6.07, 6.45) is 2.88. The molecule has 1 N–H and O–H groups in total. The Kier molecular flexibility index (Phi) is 4.53. The summed E-state index contributed by atoms with van der Waals surface area (Å²) in [6.45, 7) is 6.20. The number of H-pyrrole nitrogens is 1. The van der Waals surface area contributed by atoms with Crippen LogP contribution in [0.2, 0.25) is 5.02 Å². The van der Waals surface area contributed by atoms with Gasteiger partial charge in [0.1, 0.15) is 0 Å². The first-order valence-electron chi connectivity index (χ1n) is 9.34. The number of benzene rings is 1. The molecule has 6 heteroatoms. The van der Waals surface area contributed by atoms with Gasteiger partial charge < -0.3 is 9.88 Å². The first-order chi connectivity index (χ1) is 12.5. The zero-order valence-electron chi connectivity index (χ0n) is 15.1. The molecule has 26 heavy (non-hydrogen) atoms. The second-order valence-corrected chi connectivity index (χ2v) is 8.07. The highest BCUT2D eigenvalue weighted by molar-refractivity contribution is 6.31. The number of carbonyl (C=O) groups is 1. The third-order valence-electron chi connectivity index (χ3n) is 5.77. The maximum Gasteiger partial charge on any atom is 0.230 e. The number of likely N-dealkylation sites (tertiary alicyclic amines) is 2. The number of fused-ring (bicyclic) bond motifs is 1. The molecule has 138 valence electrons. The Morgan fingerprint density at radius 3 is 2.81 bits per heavy atom. The summed E-state index contributed by atoms with van der Waals surface area (Å²) < 4.78 is 0. The second-order valence-electron chi connectivity index (χ2n) is 7.63. The van der Waals surface area contributed by atoms with E-state index in [1.54, 1.807) is 18.2 Å². The molecular weight excluding hydrogens is 350 g/mol. The number of halogens is 1.